The van der Waals surface area contributed by atoms with Crippen LogP contribution in [0.1, 0.15) is 17.4 Å². The van der Waals surface area contributed by atoms with E-state index in [1.165, 1.54) is 0 Å². The lowest BCUT2D eigenvalue weighted by molar-refractivity contribution is 0.352. The first-order chi connectivity index (χ1) is 5.66. The third-order valence-corrected chi connectivity index (χ3v) is 1.77. The molecule has 64 valence electrons. The zero-order valence-corrected chi connectivity index (χ0v) is 7.50. The van der Waals surface area contributed by atoms with Crippen molar-refractivity contribution in [2.45, 2.75) is 13.0 Å². The van der Waals surface area contributed by atoms with Gasteiger partial charge in [0.25, 0.3) is 0 Å². The Bertz CT molecular complexity index is 294. The molecule has 1 heterocycles. The van der Waals surface area contributed by atoms with Crippen LogP contribution in [0.3, 0.4) is 0 Å². The second-order valence-corrected chi connectivity index (χ2v) is 2.91. The van der Waals surface area contributed by atoms with Gasteiger partial charge in [-0.05, 0) is 21.0 Å². The number of aryl methyl sites for hydroxylation is 1. The van der Waals surface area contributed by atoms with Gasteiger partial charge in [-0.3, -0.25) is 4.90 Å². The summed E-state index contributed by atoms with van der Waals surface area (Å²) < 4.78 is 0. The van der Waals surface area contributed by atoms with Gasteiger partial charge < -0.3 is 4.98 Å². The molecule has 1 aromatic rings. The summed E-state index contributed by atoms with van der Waals surface area (Å²) in [6.45, 7) is 1.91. The second-order valence-electron chi connectivity index (χ2n) is 2.91. The highest BCUT2D eigenvalue weighted by atomic mass is 15.1. The molecule has 12 heavy (non-hydrogen) atoms. The Kier molecular flexibility index (Phi) is 2.46. The van der Waals surface area contributed by atoms with Crippen LogP contribution in [0.15, 0.2) is 6.33 Å². The fourth-order valence-electron chi connectivity index (χ4n) is 1.07. The van der Waals surface area contributed by atoms with Gasteiger partial charge in [0.05, 0.1) is 18.1 Å². The van der Waals surface area contributed by atoms with Crippen molar-refractivity contribution >= 4 is 0 Å². The quantitative estimate of drug-likeness (QED) is 0.704. The molecule has 0 aliphatic heterocycles. The predicted octanol–water partition coefficient (Wildman–Crippen LogP) is 0.844. The molecule has 0 fully saturated rings. The van der Waals surface area contributed by atoms with Crippen molar-refractivity contribution in [1.29, 1.82) is 5.26 Å². The van der Waals surface area contributed by atoms with Gasteiger partial charge in [0.1, 0.15) is 6.04 Å². The first kappa shape index (κ1) is 8.75. The summed E-state index contributed by atoms with van der Waals surface area (Å²) in [5.41, 5.74) is 1.76. The molecule has 0 bridgehead atoms. The lowest BCUT2D eigenvalue weighted by Crippen LogP contribution is -2.19. The molecule has 1 aromatic heterocycles. The molecule has 1 atom stereocenters. The van der Waals surface area contributed by atoms with Gasteiger partial charge in [-0.1, -0.05) is 0 Å². The van der Waals surface area contributed by atoms with Gasteiger partial charge in [-0.2, -0.15) is 5.26 Å². The summed E-state index contributed by atoms with van der Waals surface area (Å²) >= 11 is 0. The summed E-state index contributed by atoms with van der Waals surface area (Å²) in [7, 11) is 3.73. The SMILES string of the molecule is Cc1[nH]cnc1C(C#N)N(C)C. The largest absolute Gasteiger partial charge is 0.348 e. The first-order valence-corrected chi connectivity index (χ1v) is 3.72. The summed E-state index contributed by atoms with van der Waals surface area (Å²) in [5.74, 6) is 0. The van der Waals surface area contributed by atoms with E-state index in [-0.39, 0.29) is 6.04 Å². The molecule has 4 heteroatoms. The van der Waals surface area contributed by atoms with Crippen molar-refractivity contribution < 1.29 is 0 Å². The van der Waals surface area contributed by atoms with Gasteiger partial charge in [0.15, 0.2) is 0 Å². The number of nitrogens with one attached hydrogen (secondary N) is 1. The minimum absolute atomic E-state index is 0.253. The van der Waals surface area contributed by atoms with E-state index in [2.05, 4.69) is 16.0 Å². The number of aromatic nitrogens is 2. The van der Waals surface area contributed by atoms with E-state index in [4.69, 9.17) is 5.26 Å². The van der Waals surface area contributed by atoms with E-state index in [0.717, 1.165) is 11.4 Å². The monoisotopic (exact) mass is 164 g/mol. The predicted molar refractivity (Wildman–Crippen MR) is 45.4 cm³/mol. The molecule has 1 rings (SSSR count). The molecule has 0 spiro atoms. The van der Waals surface area contributed by atoms with E-state index in [0.29, 0.717) is 0 Å². The van der Waals surface area contributed by atoms with Crippen molar-refractivity contribution in [2.75, 3.05) is 14.1 Å². The summed E-state index contributed by atoms with van der Waals surface area (Å²) in [4.78, 5) is 8.87. The molecule has 0 saturated heterocycles. The Morgan fingerprint density at radius 3 is 2.67 bits per heavy atom. The number of H-pyrrole nitrogens is 1. The topological polar surface area (TPSA) is 55.7 Å². The molecular formula is C8H12N4. The van der Waals surface area contributed by atoms with Crippen LogP contribution in [-0.4, -0.2) is 29.0 Å². The Hall–Kier alpha value is -1.34. The lowest BCUT2D eigenvalue weighted by atomic mass is 10.2. The van der Waals surface area contributed by atoms with Crippen LogP contribution >= 0.6 is 0 Å². The number of imidazole rings is 1. The standard InChI is InChI=1S/C8H12N4/c1-6-8(11-5-10-6)7(4-9)12(2)3/h5,7H,1-3H3,(H,10,11). The van der Waals surface area contributed by atoms with Crippen molar-refractivity contribution in [1.82, 2.24) is 14.9 Å². The fourth-order valence-corrected chi connectivity index (χ4v) is 1.07. The summed E-state index contributed by atoms with van der Waals surface area (Å²) in [5, 5.41) is 8.85. The van der Waals surface area contributed by atoms with Crippen molar-refractivity contribution in [2.24, 2.45) is 0 Å². The second kappa shape index (κ2) is 3.37. The smallest absolute Gasteiger partial charge is 0.142 e. The van der Waals surface area contributed by atoms with Crippen molar-refractivity contribution in [3.63, 3.8) is 0 Å². The Balaban J connectivity index is 2.97. The Labute approximate surface area is 71.8 Å². The van der Waals surface area contributed by atoms with Gasteiger partial charge >= 0.3 is 0 Å². The average molecular weight is 164 g/mol. The minimum Gasteiger partial charge on any atom is -0.348 e. The Morgan fingerprint density at radius 1 is 1.67 bits per heavy atom. The molecule has 0 saturated carbocycles. The maximum Gasteiger partial charge on any atom is 0.142 e. The molecule has 0 aliphatic carbocycles. The number of nitriles is 1. The molecule has 0 aromatic carbocycles. The maximum absolute atomic E-state index is 8.85. The van der Waals surface area contributed by atoms with Crippen molar-refractivity contribution in [3.8, 4) is 6.07 Å². The highest BCUT2D eigenvalue weighted by Gasteiger charge is 2.17. The van der Waals surface area contributed by atoms with E-state index < -0.39 is 0 Å². The van der Waals surface area contributed by atoms with E-state index in [1.54, 1.807) is 6.33 Å². The van der Waals surface area contributed by atoms with E-state index in [1.807, 2.05) is 25.9 Å². The van der Waals surface area contributed by atoms with Gasteiger partial charge in [0.2, 0.25) is 0 Å². The van der Waals surface area contributed by atoms with Crippen LogP contribution in [0.25, 0.3) is 0 Å². The first-order valence-electron chi connectivity index (χ1n) is 3.72. The lowest BCUT2D eigenvalue weighted by Gasteiger charge is -2.15. The van der Waals surface area contributed by atoms with Crippen LogP contribution in [0.5, 0.6) is 0 Å². The third-order valence-electron chi connectivity index (χ3n) is 1.77. The summed E-state index contributed by atoms with van der Waals surface area (Å²) in [6, 6.07) is 1.93. The number of nitrogens with zero attached hydrogens (tertiary/aromatic N) is 3. The molecule has 0 amide bonds. The van der Waals surface area contributed by atoms with Crippen LogP contribution in [0, 0.1) is 18.3 Å². The van der Waals surface area contributed by atoms with Gasteiger partial charge in [-0.25, -0.2) is 4.98 Å². The zero-order chi connectivity index (χ0) is 9.14. The number of hydrogen-bond donors (Lipinski definition) is 1. The molecule has 0 aliphatic rings. The summed E-state index contributed by atoms with van der Waals surface area (Å²) in [6.07, 6.45) is 1.61. The maximum atomic E-state index is 8.85. The number of hydrogen-bond acceptors (Lipinski definition) is 3. The molecule has 0 radical (unpaired) electrons. The van der Waals surface area contributed by atoms with Crippen LogP contribution in [-0.2, 0) is 0 Å². The Morgan fingerprint density at radius 2 is 2.33 bits per heavy atom. The van der Waals surface area contributed by atoms with Crippen LogP contribution in [0.2, 0.25) is 0 Å². The highest BCUT2D eigenvalue weighted by molar-refractivity contribution is 5.19. The third kappa shape index (κ3) is 1.46. The van der Waals surface area contributed by atoms with Gasteiger partial charge in [-0.15, -0.1) is 0 Å². The van der Waals surface area contributed by atoms with Crippen LogP contribution in [0.4, 0.5) is 0 Å². The molecular weight excluding hydrogens is 152 g/mol. The molecule has 1 N–H and O–H groups in total. The van der Waals surface area contributed by atoms with E-state index >= 15 is 0 Å². The fraction of sp³-hybridized carbons (Fsp3) is 0.500. The van der Waals surface area contributed by atoms with Crippen molar-refractivity contribution in [3.05, 3.63) is 17.7 Å². The minimum atomic E-state index is -0.253. The average Bonchev–Trinajstić information content (AvgIpc) is 2.38. The highest BCUT2D eigenvalue weighted by Crippen LogP contribution is 2.16. The van der Waals surface area contributed by atoms with Crippen LogP contribution < -0.4 is 0 Å². The van der Waals surface area contributed by atoms with E-state index in [9.17, 15) is 0 Å². The normalized spacial score (nSPS) is 12.9. The van der Waals surface area contributed by atoms with Gasteiger partial charge in [0, 0.05) is 5.69 Å². The zero-order valence-electron chi connectivity index (χ0n) is 7.50. The molecule has 1 unspecified atom stereocenters. The number of aromatic amines is 1. The number of rotatable bonds is 2. The molecule has 4 nitrogen and oxygen atoms in total.